The lowest BCUT2D eigenvalue weighted by Gasteiger charge is -2.26. The number of carbonyl (C=O) groups is 2. The zero-order valence-electron chi connectivity index (χ0n) is 10.9. The van der Waals surface area contributed by atoms with Gasteiger partial charge in [0.05, 0.1) is 13.2 Å². The lowest BCUT2D eigenvalue weighted by Crippen LogP contribution is -2.39. The highest BCUT2D eigenvalue weighted by molar-refractivity contribution is 7.99. The van der Waals surface area contributed by atoms with Gasteiger partial charge in [0.2, 0.25) is 5.91 Å². The Bertz CT molecular complexity index is 524. The molecule has 0 radical (unpaired) electrons. The third kappa shape index (κ3) is 3.80. The van der Waals surface area contributed by atoms with Crippen molar-refractivity contribution < 1.29 is 14.3 Å². The second kappa shape index (κ2) is 6.85. The van der Waals surface area contributed by atoms with Crippen LogP contribution >= 0.6 is 23.4 Å². The van der Waals surface area contributed by atoms with E-state index in [2.05, 4.69) is 15.4 Å². The number of ether oxygens (including phenoxy) is 1. The molecule has 0 aliphatic carbocycles. The molecule has 0 bridgehead atoms. The van der Waals surface area contributed by atoms with Gasteiger partial charge in [0.15, 0.2) is 0 Å². The van der Waals surface area contributed by atoms with Crippen LogP contribution in [0.2, 0.25) is 5.02 Å². The Morgan fingerprint density at radius 1 is 1.50 bits per heavy atom. The van der Waals surface area contributed by atoms with Crippen molar-refractivity contribution in [2.45, 2.75) is 17.4 Å². The summed E-state index contributed by atoms with van der Waals surface area (Å²) in [6, 6.07) is 5.61. The number of thioether (sulfide) groups is 1. The van der Waals surface area contributed by atoms with Crippen molar-refractivity contribution in [2.75, 3.05) is 19.4 Å². The number of amides is 2. The van der Waals surface area contributed by atoms with E-state index in [0.29, 0.717) is 5.02 Å². The molecule has 2 N–H and O–H groups in total. The molecule has 108 valence electrons. The van der Waals surface area contributed by atoms with Crippen molar-refractivity contribution in [3.05, 3.63) is 28.8 Å². The predicted molar refractivity (Wildman–Crippen MR) is 78.1 cm³/mol. The standard InChI is InChI=1S/C13H15ClN2O3S/c1-19-13(18)15-7-12(17)16-10-4-5-20-11-3-2-8(14)6-9(10)11/h2-3,6,10H,4-5,7H2,1H3,(H,15,18)(H,16,17)/t10-/m0/s1. The van der Waals surface area contributed by atoms with E-state index in [1.54, 1.807) is 11.8 Å². The van der Waals surface area contributed by atoms with Gasteiger partial charge >= 0.3 is 6.09 Å². The van der Waals surface area contributed by atoms with E-state index in [9.17, 15) is 9.59 Å². The Kier molecular flexibility index (Phi) is 5.14. The van der Waals surface area contributed by atoms with Crippen molar-refractivity contribution in [2.24, 2.45) is 0 Å². The van der Waals surface area contributed by atoms with Gasteiger partial charge in [0.1, 0.15) is 6.54 Å². The summed E-state index contributed by atoms with van der Waals surface area (Å²) in [4.78, 5) is 23.9. The lowest BCUT2D eigenvalue weighted by molar-refractivity contribution is -0.121. The first kappa shape index (κ1) is 15.0. The molecule has 0 fully saturated rings. The lowest BCUT2D eigenvalue weighted by atomic mass is 10.0. The highest BCUT2D eigenvalue weighted by Crippen LogP contribution is 2.37. The summed E-state index contributed by atoms with van der Waals surface area (Å²) < 4.78 is 4.41. The topological polar surface area (TPSA) is 67.4 Å². The van der Waals surface area contributed by atoms with E-state index in [1.165, 1.54) is 7.11 Å². The smallest absolute Gasteiger partial charge is 0.407 e. The number of benzene rings is 1. The Morgan fingerprint density at radius 2 is 2.30 bits per heavy atom. The Labute approximate surface area is 126 Å². The van der Waals surface area contributed by atoms with Crippen LogP contribution in [-0.2, 0) is 9.53 Å². The van der Waals surface area contributed by atoms with E-state index in [-0.39, 0.29) is 18.5 Å². The highest BCUT2D eigenvalue weighted by atomic mass is 35.5. The van der Waals surface area contributed by atoms with Crippen molar-refractivity contribution in [3.8, 4) is 0 Å². The van der Waals surface area contributed by atoms with Crippen LogP contribution in [-0.4, -0.2) is 31.4 Å². The van der Waals surface area contributed by atoms with Gasteiger partial charge in [-0.15, -0.1) is 11.8 Å². The normalized spacial score (nSPS) is 17.0. The number of hydrogen-bond acceptors (Lipinski definition) is 4. The van der Waals surface area contributed by atoms with Gasteiger partial charge in [-0.1, -0.05) is 11.6 Å². The largest absolute Gasteiger partial charge is 0.453 e. The summed E-state index contributed by atoms with van der Waals surface area (Å²) >= 11 is 7.75. The fourth-order valence-electron chi connectivity index (χ4n) is 1.99. The Morgan fingerprint density at radius 3 is 3.05 bits per heavy atom. The van der Waals surface area contributed by atoms with E-state index < -0.39 is 6.09 Å². The third-order valence-corrected chi connectivity index (χ3v) is 4.28. The first-order valence-corrected chi connectivity index (χ1v) is 7.50. The number of alkyl carbamates (subject to hydrolysis) is 1. The molecule has 20 heavy (non-hydrogen) atoms. The van der Waals surface area contributed by atoms with Crippen molar-refractivity contribution in [3.63, 3.8) is 0 Å². The van der Waals surface area contributed by atoms with Gasteiger partial charge in [-0.2, -0.15) is 0 Å². The number of nitrogens with one attached hydrogen (secondary N) is 2. The molecular formula is C13H15ClN2O3S. The molecule has 1 atom stereocenters. The zero-order chi connectivity index (χ0) is 14.5. The molecule has 1 aliphatic rings. The van der Waals surface area contributed by atoms with Gasteiger partial charge in [-0.25, -0.2) is 4.79 Å². The van der Waals surface area contributed by atoms with Gasteiger partial charge in [-0.05, 0) is 30.2 Å². The molecule has 1 heterocycles. The third-order valence-electron chi connectivity index (χ3n) is 2.93. The minimum Gasteiger partial charge on any atom is -0.453 e. The van der Waals surface area contributed by atoms with Gasteiger partial charge in [-0.3, -0.25) is 4.79 Å². The average molecular weight is 315 g/mol. The van der Waals surface area contributed by atoms with Gasteiger partial charge in [0, 0.05) is 15.7 Å². The second-order valence-electron chi connectivity index (χ2n) is 4.28. The number of hydrogen-bond donors (Lipinski definition) is 2. The summed E-state index contributed by atoms with van der Waals surface area (Å²) in [5.41, 5.74) is 1.03. The minimum absolute atomic E-state index is 0.0723. The second-order valence-corrected chi connectivity index (χ2v) is 5.86. The molecule has 0 aromatic heterocycles. The Balaban J connectivity index is 1.99. The molecule has 7 heteroatoms. The van der Waals surface area contributed by atoms with Crippen LogP contribution in [0.3, 0.4) is 0 Å². The fraction of sp³-hybridized carbons (Fsp3) is 0.385. The maximum Gasteiger partial charge on any atom is 0.407 e. The summed E-state index contributed by atoms with van der Waals surface area (Å²) in [5, 5.41) is 5.90. The van der Waals surface area contributed by atoms with Crippen LogP contribution in [0, 0.1) is 0 Å². The fourth-order valence-corrected chi connectivity index (χ4v) is 3.27. The number of halogens is 1. The highest BCUT2D eigenvalue weighted by Gasteiger charge is 2.22. The van der Waals surface area contributed by atoms with Crippen molar-refractivity contribution in [1.82, 2.24) is 10.6 Å². The summed E-state index contributed by atoms with van der Waals surface area (Å²) in [5.74, 6) is 0.683. The first-order chi connectivity index (χ1) is 9.60. The molecule has 0 spiro atoms. The number of methoxy groups -OCH3 is 1. The first-order valence-electron chi connectivity index (χ1n) is 6.13. The summed E-state index contributed by atoms with van der Waals surface area (Å²) in [7, 11) is 1.25. The van der Waals surface area contributed by atoms with Crippen LogP contribution in [0.1, 0.15) is 18.0 Å². The summed E-state index contributed by atoms with van der Waals surface area (Å²) in [6.07, 6.45) is 0.213. The molecule has 0 saturated carbocycles. The number of carbonyl (C=O) groups excluding carboxylic acids is 2. The number of fused-ring (bicyclic) bond motifs is 1. The van der Waals surface area contributed by atoms with Crippen LogP contribution < -0.4 is 10.6 Å². The van der Waals surface area contributed by atoms with Crippen LogP contribution in [0.4, 0.5) is 4.79 Å². The van der Waals surface area contributed by atoms with Crippen molar-refractivity contribution >= 4 is 35.4 Å². The van der Waals surface area contributed by atoms with E-state index in [4.69, 9.17) is 11.6 Å². The molecule has 2 amide bonds. The Hall–Kier alpha value is -1.40. The zero-order valence-corrected chi connectivity index (χ0v) is 12.5. The SMILES string of the molecule is COC(=O)NCC(=O)N[C@H]1CCSc2ccc(Cl)cc21. The van der Waals surface area contributed by atoms with Crippen molar-refractivity contribution in [1.29, 1.82) is 0 Å². The quantitative estimate of drug-likeness (QED) is 0.898. The maximum atomic E-state index is 11.8. The monoisotopic (exact) mass is 314 g/mol. The molecule has 0 unspecified atom stereocenters. The predicted octanol–water partition coefficient (Wildman–Crippen LogP) is 2.35. The molecule has 2 rings (SSSR count). The summed E-state index contributed by atoms with van der Waals surface area (Å²) in [6.45, 7) is -0.105. The molecular weight excluding hydrogens is 300 g/mol. The average Bonchev–Trinajstić information content (AvgIpc) is 2.45. The number of rotatable bonds is 3. The van der Waals surface area contributed by atoms with Crippen LogP contribution in [0.25, 0.3) is 0 Å². The van der Waals surface area contributed by atoms with E-state index in [0.717, 1.165) is 22.6 Å². The molecule has 1 aromatic carbocycles. The molecule has 0 saturated heterocycles. The van der Waals surface area contributed by atoms with Crippen LogP contribution in [0.5, 0.6) is 0 Å². The molecule has 5 nitrogen and oxygen atoms in total. The van der Waals surface area contributed by atoms with E-state index in [1.807, 2.05) is 18.2 Å². The maximum absolute atomic E-state index is 11.8. The van der Waals surface area contributed by atoms with Gasteiger partial charge < -0.3 is 15.4 Å². The molecule has 1 aliphatic heterocycles. The van der Waals surface area contributed by atoms with Crippen LogP contribution in [0.15, 0.2) is 23.1 Å². The van der Waals surface area contributed by atoms with Gasteiger partial charge in [0.25, 0.3) is 0 Å². The molecule has 1 aromatic rings. The minimum atomic E-state index is -0.622. The van der Waals surface area contributed by atoms with E-state index >= 15 is 0 Å².